The number of carbonyl (C=O) groups excluding carboxylic acids is 1. The number of amides is 1. The van der Waals surface area contributed by atoms with E-state index in [1.807, 2.05) is 31.2 Å². The van der Waals surface area contributed by atoms with Gasteiger partial charge in [0.2, 0.25) is 0 Å². The third-order valence-electron chi connectivity index (χ3n) is 3.91. The molecular weight excluding hydrogens is 306 g/mol. The first-order chi connectivity index (χ1) is 11.3. The fourth-order valence-corrected chi connectivity index (χ4v) is 2.45. The highest BCUT2D eigenvalue weighted by atomic mass is 16.4. The summed E-state index contributed by atoms with van der Waals surface area (Å²) in [5, 5.41) is 21.1. The first-order valence-electron chi connectivity index (χ1n) is 7.70. The van der Waals surface area contributed by atoms with E-state index < -0.39 is 17.9 Å². The molecule has 0 fully saturated rings. The van der Waals surface area contributed by atoms with Crippen LogP contribution in [0.3, 0.4) is 0 Å². The summed E-state index contributed by atoms with van der Waals surface area (Å²) in [6.45, 7) is 5.19. The van der Waals surface area contributed by atoms with Crippen molar-refractivity contribution in [1.82, 2.24) is 5.32 Å². The summed E-state index contributed by atoms with van der Waals surface area (Å²) in [6, 6.07) is 10.3. The third-order valence-corrected chi connectivity index (χ3v) is 3.91. The van der Waals surface area contributed by atoms with Crippen molar-refractivity contribution in [2.45, 2.75) is 26.8 Å². The van der Waals surface area contributed by atoms with Crippen molar-refractivity contribution < 1.29 is 19.8 Å². The molecule has 0 aliphatic rings. The fraction of sp³-hybridized carbons (Fsp3) is 0.263. The standard InChI is InChI=1S/C19H21NO4/c1-11-4-6-14(7-5-11)16-8-15(18(22)20-12(2)10-21)9-17(13(16)3)19(23)24/h4-9,12,21H,10H2,1-3H3,(H,20,22)(H,23,24). The number of aromatic carboxylic acids is 1. The van der Waals surface area contributed by atoms with Gasteiger partial charge in [0, 0.05) is 11.6 Å². The van der Waals surface area contributed by atoms with Crippen molar-refractivity contribution in [3.8, 4) is 11.1 Å². The molecule has 2 rings (SSSR count). The number of rotatable bonds is 5. The molecule has 1 amide bonds. The minimum Gasteiger partial charge on any atom is -0.478 e. The van der Waals surface area contributed by atoms with E-state index in [4.69, 9.17) is 5.11 Å². The second-order valence-electron chi connectivity index (χ2n) is 5.92. The summed E-state index contributed by atoms with van der Waals surface area (Å²) < 4.78 is 0. The smallest absolute Gasteiger partial charge is 0.335 e. The Bertz CT molecular complexity index is 766. The van der Waals surface area contributed by atoms with Gasteiger partial charge >= 0.3 is 5.97 Å². The molecule has 126 valence electrons. The van der Waals surface area contributed by atoms with E-state index in [1.165, 1.54) is 6.07 Å². The van der Waals surface area contributed by atoms with Crippen LogP contribution >= 0.6 is 0 Å². The number of carboxylic acid groups (broad SMARTS) is 1. The van der Waals surface area contributed by atoms with Crippen molar-refractivity contribution in [2.75, 3.05) is 6.61 Å². The molecule has 24 heavy (non-hydrogen) atoms. The molecule has 1 atom stereocenters. The molecule has 0 radical (unpaired) electrons. The van der Waals surface area contributed by atoms with Gasteiger partial charge in [-0.25, -0.2) is 4.79 Å². The fourth-order valence-electron chi connectivity index (χ4n) is 2.45. The number of aliphatic hydroxyl groups is 1. The monoisotopic (exact) mass is 327 g/mol. The maximum Gasteiger partial charge on any atom is 0.335 e. The van der Waals surface area contributed by atoms with Crippen LogP contribution in [0.25, 0.3) is 11.1 Å². The molecule has 0 saturated carbocycles. The Balaban J connectivity index is 2.56. The molecule has 0 aliphatic carbocycles. The van der Waals surface area contributed by atoms with E-state index in [0.717, 1.165) is 11.1 Å². The Hall–Kier alpha value is -2.66. The van der Waals surface area contributed by atoms with Crippen LogP contribution in [-0.4, -0.2) is 34.7 Å². The molecule has 0 bridgehead atoms. The van der Waals surface area contributed by atoms with Crippen molar-refractivity contribution in [3.05, 3.63) is 58.7 Å². The average molecular weight is 327 g/mol. The van der Waals surface area contributed by atoms with Gasteiger partial charge in [0.1, 0.15) is 0 Å². The average Bonchev–Trinajstić information content (AvgIpc) is 2.55. The number of nitrogens with one attached hydrogen (secondary N) is 1. The maximum absolute atomic E-state index is 12.3. The lowest BCUT2D eigenvalue weighted by molar-refractivity contribution is 0.0696. The van der Waals surface area contributed by atoms with Crippen LogP contribution < -0.4 is 5.32 Å². The Kier molecular flexibility index (Phi) is 5.36. The number of carbonyl (C=O) groups is 2. The third kappa shape index (κ3) is 3.81. The number of aryl methyl sites for hydroxylation is 1. The summed E-state index contributed by atoms with van der Waals surface area (Å²) in [5.74, 6) is -1.49. The zero-order chi connectivity index (χ0) is 17.9. The first-order valence-corrected chi connectivity index (χ1v) is 7.70. The molecule has 0 aromatic heterocycles. The van der Waals surface area contributed by atoms with Gasteiger partial charge in [0.15, 0.2) is 0 Å². The minimum atomic E-state index is -1.08. The Morgan fingerprint density at radius 2 is 1.75 bits per heavy atom. The van der Waals surface area contributed by atoms with Crippen molar-refractivity contribution in [1.29, 1.82) is 0 Å². The number of aliphatic hydroxyl groups excluding tert-OH is 1. The van der Waals surface area contributed by atoms with Crippen molar-refractivity contribution in [3.63, 3.8) is 0 Å². The van der Waals surface area contributed by atoms with Crippen molar-refractivity contribution >= 4 is 11.9 Å². The number of benzene rings is 2. The van der Waals surface area contributed by atoms with Gasteiger partial charge < -0.3 is 15.5 Å². The molecule has 0 aliphatic heterocycles. The Labute approximate surface area is 141 Å². The lowest BCUT2D eigenvalue weighted by Crippen LogP contribution is -2.35. The summed E-state index contributed by atoms with van der Waals surface area (Å²) >= 11 is 0. The van der Waals surface area contributed by atoms with Crippen molar-refractivity contribution in [2.24, 2.45) is 0 Å². The van der Waals surface area contributed by atoms with Crippen LogP contribution in [0.5, 0.6) is 0 Å². The summed E-state index contributed by atoms with van der Waals surface area (Å²) in [6.07, 6.45) is 0. The van der Waals surface area contributed by atoms with Crippen LogP contribution in [0.4, 0.5) is 0 Å². The quantitative estimate of drug-likeness (QED) is 0.788. The molecular formula is C19H21NO4. The van der Waals surface area contributed by atoms with Gasteiger partial charge in [-0.1, -0.05) is 29.8 Å². The van der Waals surface area contributed by atoms with Gasteiger partial charge in [-0.2, -0.15) is 0 Å². The highest BCUT2D eigenvalue weighted by Gasteiger charge is 2.18. The topological polar surface area (TPSA) is 86.6 Å². The molecule has 0 heterocycles. The molecule has 5 nitrogen and oxygen atoms in total. The van der Waals surface area contributed by atoms with E-state index in [0.29, 0.717) is 11.1 Å². The predicted octanol–water partition coefficient (Wildman–Crippen LogP) is 2.78. The second kappa shape index (κ2) is 7.27. The molecule has 0 saturated heterocycles. The van der Waals surface area contributed by atoms with E-state index in [9.17, 15) is 14.7 Å². The van der Waals surface area contributed by atoms with Gasteiger partial charge in [-0.15, -0.1) is 0 Å². The molecule has 2 aromatic carbocycles. The zero-order valence-electron chi connectivity index (χ0n) is 14.0. The molecule has 3 N–H and O–H groups in total. The highest BCUT2D eigenvalue weighted by molar-refractivity contribution is 6.00. The number of hydrogen-bond donors (Lipinski definition) is 3. The normalized spacial score (nSPS) is 11.8. The lowest BCUT2D eigenvalue weighted by Gasteiger charge is -2.15. The Morgan fingerprint density at radius 1 is 1.12 bits per heavy atom. The number of carboxylic acids is 1. The molecule has 5 heteroatoms. The van der Waals surface area contributed by atoms with Crippen LogP contribution in [-0.2, 0) is 0 Å². The van der Waals surface area contributed by atoms with Gasteiger partial charge in [0.25, 0.3) is 5.91 Å². The molecule has 2 aromatic rings. The van der Waals surface area contributed by atoms with E-state index in [2.05, 4.69) is 5.32 Å². The predicted molar refractivity (Wildman–Crippen MR) is 92.3 cm³/mol. The van der Waals surface area contributed by atoms with E-state index in [1.54, 1.807) is 19.9 Å². The van der Waals surface area contributed by atoms with E-state index >= 15 is 0 Å². The summed E-state index contributed by atoms with van der Waals surface area (Å²) in [5.41, 5.74) is 3.62. The molecule has 0 spiro atoms. The van der Waals surface area contributed by atoms with Crippen LogP contribution in [0.1, 0.15) is 38.8 Å². The van der Waals surface area contributed by atoms with Gasteiger partial charge in [0.05, 0.1) is 12.2 Å². The summed E-state index contributed by atoms with van der Waals surface area (Å²) in [7, 11) is 0. The summed E-state index contributed by atoms with van der Waals surface area (Å²) in [4.78, 5) is 23.9. The maximum atomic E-state index is 12.3. The second-order valence-corrected chi connectivity index (χ2v) is 5.92. The van der Waals surface area contributed by atoms with Gasteiger partial charge in [-0.05, 0) is 49.6 Å². The zero-order valence-corrected chi connectivity index (χ0v) is 14.0. The Morgan fingerprint density at radius 3 is 2.29 bits per heavy atom. The van der Waals surface area contributed by atoms with Crippen LogP contribution in [0.15, 0.2) is 36.4 Å². The van der Waals surface area contributed by atoms with E-state index in [-0.39, 0.29) is 17.7 Å². The number of hydrogen-bond acceptors (Lipinski definition) is 3. The van der Waals surface area contributed by atoms with Crippen LogP contribution in [0, 0.1) is 13.8 Å². The molecule has 1 unspecified atom stereocenters. The SMILES string of the molecule is Cc1ccc(-c2cc(C(=O)NC(C)CO)cc(C(=O)O)c2C)cc1. The lowest BCUT2D eigenvalue weighted by atomic mass is 9.93. The minimum absolute atomic E-state index is 0.0925. The largest absolute Gasteiger partial charge is 0.478 e. The highest BCUT2D eigenvalue weighted by Crippen LogP contribution is 2.28. The first kappa shape index (κ1) is 17.7. The van der Waals surface area contributed by atoms with Crippen LogP contribution in [0.2, 0.25) is 0 Å². The van der Waals surface area contributed by atoms with Gasteiger partial charge in [-0.3, -0.25) is 4.79 Å².